The number of amides is 2. The first-order valence-electron chi connectivity index (χ1n) is 10.8. The lowest BCUT2D eigenvalue weighted by molar-refractivity contribution is -0.274. The number of thiocarbonyl (C=S) groups is 1. The highest BCUT2D eigenvalue weighted by molar-refractivity contribution is 7.80. The van der Waals surface area contributed by atoms with Crippen LogP contribution in [0.4, 0.5) is 35.0 Å². The predicted molar refractivity (Wildman–Crippen MR) is 143 cm³/mol. The van der Waals surface area contributed by atoms with Crippen molar-refractivity contribution in [2.24, 2.45) is 15.7 Å². The minimum atomic E-state index is -4.76. The van der Waals surface area contributed by atoms with Crippen molar-refractivity contribution in [2.75, 3.05) is 10.6 Å². The van der Waals surface area contributed by atoms with Gasteiger partial charge in [-0.15, -0.1) is 13.2 Å². The highest BCUT2D eigenvalue weighted by Gasteiger charge is 2.30. The van der Waals surface area contributed by atoms with Crippen LogP contribution in [0.2, 0.25) is 0 Å². The van der Waals surface area contributed by atoms with Gasteiger partial charge in [-0.25, -0.2) is 14.8 Å². The van der Waals surface area contributed by atoms with Crippen LogP contribution < -0.4 is 26.4 Å². The SMILES string of the molecule is Cc1cccc(C)c1NC(=S)NC(=O)Nc1ccc(C(N)=NC=Nc2ccc(OC(F)(F)F)cc2)cc1. The molecule has 0 atom stereocenters. The van der Waals surface area contributed by atoms with Crippen LogP contribution in [0.5, 0.6) is 5.75 Å². The minimum Gasteiger partial charge on any atom is -0.406 e. The Balaban J connectivity index is 1.52. The first-order valence-corrected chi connectivity index (χ1v) is 11.2. The van der Waals surface area contributed by atoms with Gasteiger partial charge in [-0.1, -0.05) is 18.2 Å². The third-order valence-corrected chi connectivity index (χ3v) is 5.06. The number of para-hydroxylation sites is 1. The fraction of sp³-hybridized carbons (Fsp3) is 0.120. The monoisotopic (exact) mass is 528 g/mol. The minimum absolute atomic E-state index is 0.149. The second kappa shape index (κ2) is 12.0. The van der Waals surface area contributed by atoms with E-state index in [0.29, 0.717) is 16.9 Å². The van der Waals surface area contributed by atoms with Crippen LogP contribution in [0.25, 0.3) is 0 Å². The first-order chi connectivity index (χ1) is 17.5. The number of urea groups is 1. The summed E-state index contributed by atoms with van der Waals surface area (Å²) in [4.78, 5) is 20.3. The Morgan fingerprint density at radius 2 is 1.59 bits per heavy atom. The van der Waals surface area contributed by atoms with Gasteiger partial charge in [0.2, 0.25) is 0 Å². The molecule has 0 aromatic heterocycles. The van der Waals surface area contributed by atoms with Crippen LogP contribution >= 0.6 is 12.2 Å². The second-order valence-corrected chi connectivity index (χ2v) is 8.09. The van der Waals surface area contributed by atoms with Gasteiger partial charge in [-0.3, -0.25) is 5.32 Å². The summed E-state index contributed by atoms with van der Waals surface area (Å²) in [5.41, 5.74) is 10.2. The van der Waals surface area contributed by atoms with Crippen molar-refractivity contribution in [2.45, 2.75) is 20.2 Å². The molecule has 0 spiro atoms. The molecule has 0 aliphatic heterocycles. The van der Waals surface area contributed by atoms with E-state index in [4.69, 9.17) is 18.0 Å². The van der Waals surface area contributed by atoms with Crippen molar-refractivity contribution < 1.29 is 22.7 Å². The number of nitrogens with two attached hydrogens (primary N) is 1. The fourth-order valence-electron chi connectivity index (χ4n) is 3.11. The Labute approximate surface area is 216 Å². The number of alkyl halides is 3. The number of ether oxygens (including phenoxy) is 1. The van der Waals surface area contributed by atoms with E-state index in [9.17, 15) is 18.0 Å². The third kappa shape index (κ3) is 8.61. The van der Waals surface area contributed by atoms with Gasteiger partial charge in [-0.2, -0.15) is 0 Å². The van der Waals surface area contributed by atoms with Crippen molar-refractivity contribution >= 4 is 52.6 Å². The number of nitrogens with one attached hydrogen (secondary N) is 3. The van der Waals surface area contributed by atoms with Gasteiger partial charge in [0.05, 0.1) is 5.69 Å². The van der Waals surface area contributed by atoms with E-state index >= 15 is 0 Å². The standard InChI is InChI=1S/C25H23F3N6O2S/c1-15-4-3-5-16(2)21(15)33-24(37)34-23(35)32-19-8-6-17(7-9-19)22(29)31-14-30-18-10-12-20(13-11-18)36-25(26,27)28/h3-14H,1-2H3,(H2,29,30,31)(H3,32,33,34,35,37). The van der Waals surface area contributed by atoms with E-state index in [2.05, 4.69) is 30.7 Å². The second-order valence-electron chi connectivity index (χ2n) is 7.68. The molecule has 0 aliphatic carbocycles. The number of anilines is 2. The summed E-state index contributed by atoms with van der Waals surface area (Å²) in [5.74, 6) is -0.202. The highest BCUT2D eigenvalue weighted by Crippen LogP contribution is 2.24. The van der Waals surface area contributed by atoms with Gasteiger partial charge in [0.25, 0.3) is 0 Å². The topological polar surface area (TPSA) is 113 Å². The van der Waals surface area contributed by atoms with Crippen LogP contribution in [-0.4, -0.2) is 29.7 Å². The Morgan fingerprint density at radius 3 is 2.19 bits per heavy atom. The maximum Gasteiger partial charge on any atom is 0.573 e. The Kier molecular flexibility index (Phi) is 8.80. The average molecular weight is 529 g/mol. The summed E-state index contributed by atoms with van der Waals surface area (Å²) in [7, 11) is 0. The maximum absolute atomic E-state index is 12.3. The zero-order chi connectivity index (χ0) is 27.0. The van der Waals surface area contributed by atoms with Crippen molar-refractivity contribution in [1.82, 2.24) is 5.32 Å². The van der Waals surface area contributed by atoms with E-state index in [1.54, 1.807) is 24.3 Å². The van der Waals surface area contributed by atoms with E-state index in [0.717, 1.165) is 28.9 Å². The van der Waals surface area contributed by atoms with Crippen LogP contribution in [0.1, 0.15) is 16.7 Å². The molecular weight excluding hydrogens is 505 g/mol. The van der Waals surface area contributed by atoms with Gasteiger partial charge in [-0.05, 0) is 85.7 Å². The number of carbonyl (C=O) groups is 1. The number of benzene rings is 3. The molecule has 192 valence electrons. The van der Waals surface area contributed by atoms with Gasteiger partial charge in [0.1, 0.15) is 17.9 Å². The molecule has 12 heteroatoms. The van der Waals surface area contributed by atoms with E-state index in [1.807, 2.05) is 32.0 Å². The predicted octanol–water partition coefficient (Wildman–Crippen LogP) is 5.79. The molecule has 0 heterocycles. The molecule has 3 aromatic carbocycles. The molecule has 8 nitrogen and oxygen atoms in total. The quantitative estimate of drug-likeness (QED) is 0.184. The molecule has 3 aromatic rings. The van der Waals surface area contributed by atoms with Crippen molar-refractivity contribution in [3.63, 3.8) is 0 Å². The van der Waals surface area contributed by atoms with Crippen molar-refractivity contribution in [3.05, 3.63) is 83.4 Å². The molecule has 0 aliphatic rings. The summed E-state index contributed by atoms with van der Waals surface area (Å²) < 4.78 is 40.4. The summed E-state index contributed by atoms with van der Waals surface area (Å²) in [5, 5.41) is 8.42. The number of rotatable bonds is 6. The summed E-state index contributed by atoms with van der Waals surface area (Å²) in [6.07, 6.45) is -3.58. The number of nitrogens with zero attached hydrogens (tertiary/aromatic N) is 2. The molecule has 0 unspecified atom stereocenters. The molecule has 0 saturated carbocycles. The molecule has 0 bridgehead atoms. The third-order valence-electron chi connectivity index (χ3n) is 4.86. The fourth-order valence-corrected chi connectivity index (χ4v) is 3.31. The molecule has 0 fully saturated rings. The number of aliphatic imine (C=N–C) groups is 2. The molecule has 0 saturated heterocycles. The molecule has 0 radical (unpaired) electrons. The Morgan fingerprint density at radius 1 is 0.973 bits per heavy atom. The van der Waals surface area contributed by atoms with E-state index in [1.165, 1.54) is 18.5 Å². The zero-order valence-corrected chi connectivity index (χ0v) is 20.6. The van der Waals surface area contributed by atoms with Crippen LogP contribution in [0.3, 0.4) is 0 Å². The van der Waals surface area contributed by atoms with Gasteiger partial charge < -0.3 is 21.1 Å². The highest BCUT2D eigenvalue weighted by atomic mass is 32.1. The Bertz CT molecular complexity index is 1300. The van der Waals surface area contributed by atoms with Gasteiger partial charge >= 0.3 is 12.4 Å². The number of halogens is 3. The Hall–Kier alpha value is -4.45. The number of carbonyl (C=O) groups excluding carboxylic acids is 1. The van der Waals surface area contributed by atoms with Crippen molar-refractivity contribution in [1.29, 1.82) is 0 Å². The maximum atomic E-state index is 12.3. The summed E-state index contributed by atoms with van der Waals surface area (Å²) in [6.45, 7) is 3.88. The number of amidine groups is 1. The normalized spacial score (nSPS) is 11.8. The summed E-state index contributed by atoms with van der Waals surface area (Å²) in [6, 6.07) is 16.8. The van der Waals surface area contributed by atoms with Crippen LogP contribution in [0, 0.1) is 13.8 Å². The molecule has 5 N–H and O–H groups in total. The largest absolute Gasteiger partial charge is 0.573 e. The smallest absolute Gasteiger partial charge is 0.406 e. The number of aryl methyl sites for hydroxylation is 2. The molecule has 3 rings (SSSR count). The van der Waals surface area contributed by atoms with Gasteiger partial charge in [0.15, 0.2) is 5.11 Å². The average Bonchev–Trinajstić information content (AvgIpc) is 2.82. The first kappa shape index (κ1) is 27.1. The zero-order valence-electron chi connectivity index (χ0n) is 19.8. The van der Waals surface area contributed by atoms with E-state index < -0.39 is 12.4 Å². The number of hydrogen-bond acceptors (Lipinski definition) is 4. The van der Waals surface area contributed by atoms with Gasteiger partial charge in [0, 0.05) is 16.9 Å². The van der Waals surface area contributed by atoms with Crippen LogP contribution in [-0.2, 0) is 0 Å². The van der Waals surface area contributed by atoms with Crippen LogP contribution in [0.15, 0.2) is 76.7 Å². The lowest BCUT2D eigenvalue weighted by Crippen LogP contribution is -2.37. The molecule has 2 amide bonds. The number of hydrogen-bond donors (Lipinski definition) is 4. The summed E-state index contributed by atoms with van der Waals surface area (Å²) >= 11 is 5.23. The molecule has 37 heavy (non-hydrogen) atoms. The lowest BCUT2D eigenvalue weighted by Gasteiger charge is -2.14. The lowest BCUT2D eigenvalue weighted by atomic mass is 10.1. The van der Waals surface area contributed by atoms with E-state index in [-0.39, 0.29) is 16.7 Å². The van der Waals surface area contributed by atoms with Crippen molar-refractivity contribution in [3.8, 4) is 5.75 Å². The molecular formula is C25H23F3N6O2S.